The van der Waals surface area contributed by atoms with Gasteiger partial charge in [0.05, 0.1) is 13.2 Å². The Labute approximate surface area is 168 Å². The van der Waals surface area contributed by atoms with E-state index in [9.17, 15) is 13.6 Å². The van der Waals surface area contributed by atoms with Crippen LogP contribution in [0.2, 0.25) is 0 Å². The van der Waals surface area contributed by atoms with Crippen molar-refractivity contribution in [3.63, 3.8) is 0 Å². The summed E-state index contributed by atoms with van der Waals surface area (Å²) in [5, 5.41) is 2.83. The van der Waals surface area contributed by atoms with E-state index in [2.05, 4.69) is 10.2 Å². The lowest BCUT2D eigenvalue weighted by Crippen LogP contribution is -2.38. The maximum absolute atomic E-state index is 14.2. The van der Waals surface area contributed by atoms with Crippen molar-refractivity contribution in [1.29, 1.82) is 0 Å². The van der Waals surface area contributed by atoms with Crippen LogP contribution in [0.25, 0.3) is 0 Å². The number of rotatable bonds is 6. The van der Waals surface area contributed by atoms with Crippen LogP contribution in [0.15, 0.2) is 42.5 Å². The van der Waals surface area contributed by atoms with Gasteiger partial charge in [0.25, 0.3) is 0 Å². The monoisotopic (exact) mass is 402 g/mol. The average molecular weight is 402 g/mol. The van der Waals surface area contributed by atoms with Crippen LogP contribution in [0.3, 0.4) is 0 Å². The zero-order valence-corrected chi connectivity index (χ0v) is 16.3. The van der Waals surface area contributed by atoms with Gasteiger partial charge < -0.3 is 19.7 Å². The molecule has 2 atom stereocenters. The summed E-state index contributed by atoms with van der Waals surface area (Å²) in [4.78, 5) is 14.5. The summed E-state index contributed by atoms with van der Waals surface area (Å²) in [6.45, 7) is 2.26. The lowest BCUT2D eigenvalue weighted by atomic mass is 9.80. The molecule has 2 aromatic carbocycles. The van der Waals surface area contributed by atoms with E-state index in [1.807, 2.05) is 24.3 Å². The van der Waals surface area contributed by atoms with E-state index >= 15 is 0 Å². The van der Waals surface area contributed by atoms with Crippen LogP contribution in [-0.4, -0.2) is 45.4 Å². The van der Waals surface area contributed by atoms with Gasteiger partial charge in [-0.3, -0.25) is 4.79 Å². The van der Waals surface area contributed by atoms with E-state index in [1.165, 1.54) is 12.1 Å². The van der Waals surface area contributed by atoms with Gasteiger partial charge in [0.1, 0.15) is 17.7 Å². The van der Waals surface area contributed by atoms with Crippen molar-refractivity contribution < 1.29 is 23.0 Å². The number of hydrogen-bond acceptors (Lipinski definition) is 4. The Bertz CT molecular complexity index is 907. The molecule has 5 nitrogen and oxygen atoms in total. The molecule has 1 N–H and O–H groups in total. The number of fused-ring (bicyclic) bond motifs is 2. The molecule has 154 valence electrons. The largest absolute Gasteiger partial charge is 0.383 e. The van der Waals surface area contributed by atoms with Crippen LogP contribution < -0.4 is 10.2 Å². The molecule has 2 heterocycles. The molecule has 0 aromatic heterocycles. The minimum absolute atomic E-state index is 0.139. The Hall–Kier alpha value is -2.51. The molecule has 2 aliphatic heterocycles. The van der Waals surface area contributed by atoms with Crippen LogP contribution in [0.1, 0.15) is 17.5 Å². The van der Waals surface area contributed by atoms with Crippen molar-refractivity contribution in [2.24, 2.45) is 0 Å². The zero-order valence-electron chi connectivity index (χ0n) is 16.3. The summed E-state index contributed by atoms with van der Waals surface area (Å²) >= 11 is 0. The summed E-state index contributed by atoms with van der Waals surface area (Å²) in [6.07, 6.45) is 0.0352. The number of carbonyl (C=O) groups is 1. The van der Waals surface area contributed by atoms with E-state index in [0.29, 0.717) is 44.8 Å². The number of para-hydroxylation sites is 1. The molecular formula is C22H24F2N2O3. The van der Waals surface area contributed by atoms with Gasteiger partial charge in [-0.2, -0.15) is 0 Å². The van der Waals surface area contributed by atoms with Crippen molar-refractivity contribution in [3.8, 4) is 0 Å². The topological polar surface area (TPSA) is 50.8 Å². The number of hydrogen-bond donors (Lipinski definition) is 1. The van der Waals surface area contributed by atoms with E-state index in [-0.39, 0.29) is 11.3 Å². The molecule has 0 aliphatic carbocycles. The molecule has 2 aliphatic rings. The van der Waals surface area contributed by atoms with Gasteiger partial charge >= 0.3 is 0 Å². The van der Waals surface area contributed by atoms with Gasteiger partial charge in [-0.25, -0.2) is 8.78 Å². The highest BCUT2D eigenvalue weighted by atomic mass is 19.1. The second-order valence-electron chi connectivity index (χ2n) is 7.68. The van der Waals surface area contributed by atoms with Crippen LogP contribution in [0.5, 0.6) is 0 Å². The van der Waals surface area contributed by atoms with E-state index in [1.54, 1.807) is 7.11 Å². The predicted octanol–water partition coefficient (Wildman–Crippen LogP) is 2.77. The normalized spacial score (nSPS) is 22.9. The third kappa shape index (κ3) is 3.84. The Morgan fingerprint density at radius 3 is 2.93 bits per heavy atom. The Morgan fingerprint density at radius 2 is 2.14 bits per heavy atom. The summed E-state index contributed by atoms with van der Waals surface area (Å²) in [6, 6.07) is 11.6. The van der Waals surface area contributed by atoms with Gasteiger partial charge in [0, 0.05) is 49.5 Å². The summed E-state index contributed by atoms with van der Waals surface area (Å²) < 4.78 is 38.3. The number of methoxy groups -OCH3 is 1. The SMILES string of the molecule is COCCNC(=O)C1CC2(CO1)CN(Cc1ccc(F)cc1F)c1ccccc12. The maximum atomic E-state index is 14.2. The smallest absolute Gasteiger partial charge is 0.249 e. The van der Waals surface area contributed by atoms with Crippen LogP contribution in [0.4, 0.5) is 14.5 Å². The number of nitrogens with one attached hydrogen (secondary N) is 1. The third-order valence-corrected chi connectivity index (χ3v) is 5.72. The number of halogens is 2. The van der Waals surface area contributed by atoms with Crippen molar-refractivity contribution in [2.75, 3.05) is 38.3 Å². The highest BCUT2D eigenvalue weighted by Gasteiger charge is 2.50. The highest BCUT2D eigenvalue weighted by molar-refractivity contribution is 5.81. The van der Waals surface area contributed by atoms with E-state index in [0.717, 1.165) is 17.3 Å². The maximum Gasteiger partial charge on any atom is 0.249 e. The molecule has 0 bridgehead atoms. The van der Waals surface area contributed by atoms with Gasteiger partial charge in [-0.15, -0.1) is 0 Å². The number of anilines is 1. The predicted molar refractivity (Wildman–Crippen MR) is 105 cm³/mol. The lowest BCUT2D eigenvalue weighted by molar-refractivity contribution is -0.130. The van der Waals surface area contributed by atoms with Crippen LogP contribution in [0, 0.1) is 11.6 Å². The summed E-state index contributed by atoms with van der Waals surface area (Å²) in [5.41, 5.74) is 2.22. The minimum atomic E-state index is -0.587. The molecule has 0 saturated carbocycles. The van der Waals surface area contributed by atoms with Gasteiger partial charge in [0.15, 0.2) is 0 Å². The molecule has 1 fully saturated rings. The molecule has 0 radical (unpaired) electrons. The number of amides is 1. The second-order valence-corrected chi connectivity index (χ2v) is 7.68. The second kappa shape index (κ2) is 8.08. The van der Waals surface area contributed by atoms with Crippen molar-refractivity contribution in [3.05, 3.63) is 65.2 Å². The summed E-state index contributed by atoms with van der Waals surface area (Å²) in [5.74, 6) is -1.28. The molecule has 4 rings (SSSR count). The molecule has 1 amide bonds. The number of benzene rings is 2. The molecule has 2 aromatic rings. The van der Waals surface area contributed by atoms with Gasteiger partial charge in [-0.1, -0.05) is 24.3 Å². The van der Waals surface area contributed by atoms with Crippen LogP contribution in [-0.2, 0) is 26.2 Å². The van der Waals surface area contributed by atoms with E-state index < -0.39 is 17.7 Å². The van der Waals surface area contributed by atoms with Gasteiger partial charge in [0.2, 0.25) is 5.91 Å². The van der Waals surface area contributed by atoms with E-state index in [4.69, 9.17) is 9.47 Å². The third-order valence-electron chi connectivity index (χ3n) is 5.72. The fraction of sp³-hybridized carbons (Fsp3) is 0.409. The molecule has 7 heteroatoms. The fourth-order valence-corrected chi connectivity index (χ4v) is 4.32. The number of carbonyl (C=O) groups excluding carboxylic acids is 1. The zero-order chi connectivity index (χ0) is 20.4. The van der Waals surface area contributed by atoms with Crippen molar-refractivity contribution >= 4 is 11.6 Å². The molecule has 1 spiro atoms. The highest BCUT2D eigenvalue weighted by Crippen LogP contribution is 2.47. The molecule has 1 saturated heterocycles. The Balaban J connectivity index is 1.53. The van der Waals surface area contributed by atoms with Crippen molar-refractivity contribution in [2.45, 2.75) is 24.5 Å². The van der Waals surface area contributed by atoms with Crippen LogP contribution >= 0.6 is 0 Å². The number of nitrogens with zero attached hydrogens (tertiary/aromatic N) is 1. The first-order chi connectivity index (χ1) is 14.0. The number of ether oxygens (including phenoxy) is 2. The quantitative estimate of drug-likeness (QED) is 0.755. The first-order valence-electron chi connectivity index (χ1n) is 9.69. The molecule has 2 unspecified atom stereocenters. The molecule has 29 heavy (non-hydrogen) atoms. The first-order valence-corrected chi connectivity index (χ1v) is 9.69. The molecular weight excluding hydrogens is 378 g/mol. The first kappa shape index (κ1) is 19.8. The van der Waals surface area contributed by atoms with Crippen molar-refractivity contribution in [1.82, 2.24) is 5.32 Å². The Kier molecular flexibility index (Phi) is 5.52. The fourth-order valence-electron chi connectivity index (χ4n) is 4.32. The lowest BCUT2D eigenvalue weighted by Gasteiger charge is -2.24. The van der Waals surface area contributed by atoms with Gasteiger partial charge in [-0.05, 0) is 24.1 Å². The standard InChI is InChI=1S/C22H24F2N2O3/c1-28-9-8-25-21(27)20-11-22(14-29-20)13-26(19-5-3-2-4-17(19)22)12-15-6-7-16(23)10-18(15)24/h2-7,10,20H,8-9,11-14H2,1H3,(H,25,27). The Morgan fingerprint density at radius 1 is 1.31 bits per heavy atom. The minimum Gasteiger partial charge on any atom is -0.383 e. The summed E-state index contributed by atoms with van der Waals surface area (Å²) in [7, 11) is 1.58. The average Bonchev–Trinajstić information content (AvgIpc) is 3.27.